The van der Waals surface area contributed by atoms with Gasteiger partial charge in [0.1, 0.15) is 0 Å². The molecule has 0 N–H and O–H groups in total. The average Bonchev–Trinajstić information content (AvgIpc) is 2.76. The molecule has 0 amide bonds. The number of ether oxygens (including phenoxy) is 2. The molecule has 0 saturated carbocycles. The van der Waals surface area contributed by atoms with Crippen LogP contribution in [0.2, 0.25) is 0 Å². The van der Waals surface area contributed by atoms with Crippen LogP contribution < -0.4 is 18.4 Å². The summed E-state index contributed by atoms with van der Waals surface area (Å²) < 4.78 is 14.8. The first-order chi connectivity index (χ1) is 13.9. The molecule has 2 nitrogen and oxygen atoms in total. The Labute approximate surface area is 176 Å². The first-order valence-electron chi connectivity index (χ1n) is 8.87. The van der Waals surface area contributed by atoms with Crippen LogP contribution in [0.3, 0.4) is 0 Å². The molecule has 4 aromatic rings. The first-order valence-corrected chi connectivity index (χ1v) is 14.9. The second kappa shape index (κ2) is 9.63. The SMILES string of the molecule is c1ccc(Oc2ccccc2[Se][Se]c2ccccc2Oc2ccccc2)cc1. The zero-order valence-corrected chi connectivity index (χ0v) is 18.5. The number of rotatable bonds is 7. The number of hydrogen-bond acceptors (Lipinski definition) is 2. The Hall–Kier alpha value is -2.48. The third kappa shape index (κ3) is 5.07. The third-order valence-corrected chi connectivity index (χ3v) is 11.0. The van der Waals surface area contributed by atoms with Crippen molar-refractivity contribution in [3.63, 3.8) is 0 Å². The molecule has 0 aromatic heterocycles. The summed E-state index contributed by atoms with van der Waals surface area (Å²) in [6, 6.07) is 36.5. The molecule has 4 rings (SSSR count). The summed E-state index contributed by atoms with van der Waals surface area (Å²) >= 11 is 0.572. The van der Waals surface area contributed by atoms with Crippen molar-refractivity contribution in [3.8, 4) is 23.0 Å². The second-order valence-electron chi connectivity index (χ2n) is 5.89. The van der Waals surface area contributed by atoms with E-state index in [2.05, 4.69) is 24.3 Å². The molecule has 0 bridgehead atoms. The van der Waals surface area contributed by atoms with E-state index in [1.807, 2.05) is 84.9 Å². The van der Waals surface area contributed by atoms with E-state index in [0.717, 1.165) is 23.0 Å². The van der Waals surface area contributed by atoms with E-state index in [4.69, 9.17) is 9.47 Å². The molecule has 4 aromatic carbocycles. The van der Waals surface area contributed by atoms with Crippen molar-refractivity contribution < 1.29 is 9.47 Å². The normalized spacial score (nSPS) is 10.4. The average molecular weight is 496 g/mol. The van der Waals surface area contributed by atoms with Gasteiger partial charge in [0.05, 0.1) is 0 Å². The molecule has 0 aliphatic heterocycles. The molecular weight excluding hydrogens is 478 g/mol. The first kappa shape index (κ1) is 18.9. The van der Waals surface area contributed by atoms with Crippen molar-refractivity contribution in [2.75, 3.05) is 0 Å². The fraction of sp³-hybridized carbons (Fsp3) is 0. The fourth-order valence-electron chi connectivity index (χ4n) is 2.53. The topological polar surface area (TPSA) is 18.5 Å². The Balaban J connectivity index is 1.50. The van der Waals surface area contributed by atoms with Gasteiger partial charge in [-0.15, -0.1) is 0 Å². The van der Waals surface area contributed by atoms with Gasteiger partial charge >= 0.3 is 177 Å². The number of hydrogen-bond donors (Lipinski definition) is 0. The summed E-state index contributed by atoms with van der Waals surface area (Å²) in [6.45, 7) is 0. The van der Waals surface area contributed by atoms with Gasteiger partial charge in [-0.25, -0.2) is 0 Å². The molecule has 0 heterocycles. The summed E-state index contributed by atoms with van der Waals surface area (Å²) in [4.78, 5) is 0. The maximum atomic E-state index is 6.12. The number of para-hydroxylation sites is 4. The van der Waals surface area contributed by atoms with Crippen molar-refractivity contribution in [1.82, 2.24) is 0 Å². The van der Waals surface area contributed by atoms with Gasteiger partial charge in [-0.3, -0.25) is 0 Å². The molecule has 0 unspecified atom stereocenters. The van der Waals surface area contributed by atoms with E-state index < -0.39 is 0 Å². The second-order valence-corrected chi connectivity index (χ2v) is 12.1. The number of benzene rings is 4. The summed E-state index contributed by atoms with van der Waals surface area (Å²) in [6.07, 6.45) is 0. The summed E-state index contributed by atoms with van der Waals surface area (Å²) in [7, 11) is 0. The molecule has 0 spiro atoms. The van der Waals surface area contributed by atoms with Gasteiger partial charge in [0, 0.05) is 0 Å². The third-order valence-electron chi connectivity index (χ3n) is 3.86. The van der Waals surface area contributed by atoms with E-state index in [-0.39, 0.29) is 26.3 Å². The molecular formula is C24H18O2Se2. The predicted octanol–water partition coefficient (Wildman–Crippen LogP) is 4.55. The van der Waals surface area contributed by atoms with Gasteiger partial charge in [-0.2, -0.15) is 0 Å². The van der Waals surface area contributed by atoms with Crippen LogP contribution >= 0.6 is 0 Å². The van der Waals surface area contributed by atoms with Crippen molar-refractivity contribution >= 4 is 35.2 Å². The molecule has 28 heavy (non-hydrogen) atoms. The standard InChI is InChI=1S/C24H18O2Se2/c1-3-11-19(12-4-1)25-21-15-7-9-17-23(21)27-28-24-18-10-8-16-22(24)26-20-13-5-2-6-14-20/h1-18H. The van der Waals surface area contributed by atoms with Crippen molar-refractivity contribution in [2.45, 2.75) is 0 Å². The van der Waals surface area contributed by atoms with E-state index >= 15 is 0 Å². The van der Waals surface area contributed by atoms with Crippen LogP contribution in [-0.2, 0) is 0 Å². The van der Waals surface area contributed by atoms with Gasteiger partial charge in [0.15, 0.2) is 0 Å². The molecule has 0 fully saturated rings. The summed E-state index contributed by atoms with van der Waals surface area (Å²) in [5.41, 5.74) is 0. The van der Waals surface area contributed by atoms with Gasteiger partial charge in [0.25, 0.3) is 0 Å². The minimum atomic E-state index is 0.286. The minimum absolute atomic E-state index is 0.286. The van der Waals surface area contributed by atoms with E-state index in [1.165, 1.54) is 8.92 Å². The van der Waals surface area contributed by atoms with Gasteiger partial charge in [-0.05, 0) is 0 Å². The van der Waals surface area contributed by atoms with Crippen LogP contribution in [0.1, 0.15) is 0 Å². The van der Waals surface area contributed by atoms with E-state index in [9.17, 15) is 0 Å². The van der Waals surface area contributed by atoms with Crippen LogP contribution in [0.4, 0.5) is 0 Å². The Morgan fingerprint density at radius 1 is 0.393 bits per heavy atom. The molecule has 0 aliphatic rings. The molecule has 4 heteroatoms. The van der Waals surface area contributed by atoms with Crippen molar-refractivity contribution in [2.24, 2.45) is 0 Å². The zero-order chi connectivity index (χ0) is 19.0. The predicted molar refractivity (Wildman–Crippen MR) is 117 cm³/mol. The molecule has 0 radical (unpaired) electrons. The molecule has 138 valence electrons. The Morgan fingerprint density at radius 2 is 0.750 bits per heavy atom. The Bertz CT molecular complexity index is 936. The van der Waals surface area contributed by atoms with Crippen LogP contribution in [-0.4, -0.2) is 26.3 Å². The van der Waals surface area contributed by atoms with Crippen molar-refractivity contribution in [1.29, 1.82) is 0 Å². The van der Waals surface area contributed by atoms with Crippen LogP contribution in [0.25, 0.3) is 0 Å². The summed E-state index contributed by atoms with van der Waals surface area (Å²) in [5, 5.41) is 0. The van der Waals surface area contributed by atoms with Crippen LogP contribution in [0, 0.1) is 0 Å². The van der Waals surface area contributed by atoms with Gasteiger partial charge < -0.3 is 0 Å². The Kier molecular flexibility index (Phi) is 6.49. The van der Waals surface area contributed by atoms with Crippen LogP contribution in [0.5, 0.6) is 23.0 Å². The summed E-state index contributed by atoms with van der Waals surface area (Å²) in [5.74, 6) is 3.62. The van der Waals surface area contributed by atoms with E-state index in [0.29, 0.717) is 0 Å². The molecule has 0 atom stereocenters. The molecule has 0 aliphatic carbocycles. The van der Waals surface area contributed by atoms with Crippen molar-refractivity contribution in [3.05, 3.63) is 109 Å². The monoisotopic (exact) mass is 498 g/mol. The fourth-order valence-corrected chi connectivity index (χ4v) is 9.23. The Morgan fingerprint density at radius 3 is 1.18 bits per heavy atom. The van der Waals surface area contributed by atoms with Gasteiger partial charge in [0.2, 0.25) is 0 Å². The maximum absolute atomic E-state index is 6.12. The van der Waals surface area contributed by atoms with Gasteiger partial charge in [-0.1, -0.05) is 0 Å². The quantitative estimate of drug-likeness (QED) is 0.350. The van der Waals surface area contributed by atoms with Crippen LogP contribution in [0.15, 0.2) is 109 Å². The molecule has 0 saturated heterocycles. The zero-order valence-electron chi connectivity index (χ0n) is 15.0. The van der Waals surface area contributed by atoms with E-state index in [1.54, 1.807) is 0 Å².